The van der Waals surface area contributed by atoms with E-state index in [0.29, 0.717) is 30.3 Å². The normalized spacial score (nSPS) is 19.2. The van der Waals surface area contributed by atoms with Gasteiger partial charge in [-0.25, -0.2) is 12.7 Å². The summed E-state index contributed by atoms with van der Waals surface area (Å²) in [5.41, 5.74) is 0.494. The van der Waals surface area contributed by atoms with Crippen LogP contribution >= 0.6 is 0 Å². The van der Waals surface area contributed by atoms with Crippen LogP contribution in [0.3, 0.4) is 0 Å². The molecule has 148 valence electrons. The third-order valence-electron chi connectivity index (χ3n) is 4.26. The average Bonchev–Trinajstić information content (AvgIpc) is 2.96. The molecule has 2 N–H and O–H groups in total. The third-order valence-corrected chi connectivity index (χ3v) is 5.53. The first-order chi connectivity index (χ1) is 12.5. The van der Waals surface area contributed by atoms with Crippen LogP contribution in [0.25, 0.3) is 10.9 Å². The molecule has 27 heavy (non-hydrogen) atoms. The molecule has 1 aromatic carbocycles. The van der Waals surface area contributed by atoms with Crippen molar-refractivity contribution in [2.75, 3.05) is 19.3 Å². The van der Waals surface area contributed by atoms with Gasteiger partial charge < -0.3 is 15.0 Å². The molecule has 0 aliphatic carbocycles. The minimum absolute atomic E-state index is 0.172. The Bertz CT molecular complexity index is 955. The number of nitrogens with one attached hydrogen (secondary N) is 2. The molecule has 2 heterocycles. The highest BCUT2D eigenvalue weighted by Gasteiger charge is 2.31. The van der Waals surface area contributed by atoms with Crippen molar-refractivity contribution in [2.45, 2.75) is 25.2 Å². The Labute approximate surface area is 153 Å². The summed E-state index contributed by atoms with van der Waals surface area (Å²) in [5.74, 6) is -0.843. The molecule has 11 heteroatoms. The minimum Gasteiger partial charge on any atom is -0.406 e. The Kier molecular flexibility index (Phi) is 5.08. The number of piperidine rings is 1. The van der Waals surface area contributed by atoms with Crippen molar-refractivity contribution in [2.24, 2.45) is 0 Å². The Morgan fingerprint density at radius 2 is 2.07 bits per heavy atom. The summed E-state index contributed by atoms with van der Waals surface area (Å²) in [7, 11) is -3.33. The molecule has 2 aromatic rings. The highest BCUT2D eigenvalue weighted by Crippen LogP contribution is 2.26. The number of carbonyl (C=O) groups is 1. The second-order valence-corrected chi connectivity index (χ2v) is 8.40. The van der Waals surface area contributed by atoms with Gasteiger partial charge in [-0.3, -0.25) is 4.79 Å². The van der Waals surface area contributed by atoms with Gasteiger partial charge in [-0.1, -0.05) is 0 Å². The second kappa shape index (κ2) is 7.04. The Morgan fingerprint density at radius 1 is 1.33 bits per heavy atom. The van der Waals surface area contributed by atoms with Crippen molar-refractivity contribution in [3.05, 3.63) is 30.0 Å². The number of sulfonamides is 1. The van der Waals surface area contributed by atoms with Crippen molar-refractivity contribution >= 4 is 26.8 Å². The van der Waals surface area contributed by atoms with Crippen molar-refractivity contribution < 1.29 is 31.1 Å². The molecule has 1 saturated heterocycles. The van der Waals surface area contributed by atoms with E-state index in [1.54, 1.807) is 0 Å². The first-order valence-corrected chi connectivity index (χ1v) is 10.0. The lowest BCUT2D eigenvalue weighted by atomic mass is 10.1. The fourth-order valence-corrected chi connectivity index (χ4v) is 3.96. The van der Waals surface area contributed by atoms with Crippen molar-refractivity contribution in [1.82, 2.24) is 14.6 Å². The summed E-state index contributed by atoms with van der Waals surface area (Å²) in [6.07, 6.45) is -2.41. The minimum atomic E-state index is -4.80. The molecule has 1 aliphatic heterocycles. The molecular weight excluding hydrogens is 387 g/mol. The van der Waals surface area contributed by atoms with Crippen LogP contribution in [-0.4, -0.2) is 55.4 Å². The number of fused-ring (bicyclic) bond motifs is 1. The Morgan fingerprint density at radius 3 is 2.74 bits per heavy atom. The number of H-pyrrole nitrogens is 1. The van der Waals surface area contributed by atoms with Gasteiger partial charge in [-0.2, -0.15) is 0 Å². The maximum Gasteiger partial charge on any atom is 0.573 e. The highest BCUT2D eigenvalue weighted by atomic mass is 32.2. The van der Waals surface area contributed by atoms with E-state index in [1.165, 1.54) is 16.4 Å². The maximum atomic E-state index is 12.4. The van der Waals surface area contributed by atoms with Crippen LogP contribution in [0.5, 0.6) is 5.75 Å². The van der Waals surface area contributed by atoms with E-state index >= 15 is 0 Å². The van der Waals surface area contributed by atoms with Gasteiger partial charge >= 0.3 is 6.36 Å². The predicted octanol–water partition coefficient (Wildman–Crippen LogP) is 2.22. The summed E-state index contributed by atoms with van der Waals surface area (Å²) in [6.45, 7) is 0.605. The standard InChI is InChI=1S/C16H18F3N3O4S/c1-27(24,25)22-6-2-3-11(9-22)20-15(23)14-7-10-4-5-12(8-13(10)21-14)26-16(17,18)19/h4-5,7-8,11,21H,2-3,6,9H2,1H3,(H,20,23). The number of carbonyl (C=O) groups excluding carboxylic acids is 1. The van der Waals surface area contributed by atoms with Crippen LogP contribution < -0.4 is 10.1 Å². The van der Waals surface area contributed by atoms with Crippen LogP contribution in [0, 0.1) is 0 Å². The second-order valence-electron chi connectivity index (χ2n) is 6.41. The highest BCUT2D eigenvalue weighted by molar-refractivity contribution is 7.88. The molecule has 1 amide bonds. The van der Waals surface area contributed by atoms with Gasteiger partial charge in [0.15, 0.2) is 0 Å². The fraction of sp³-hybridized carbons (Fsp3) is 0.438. The molecule has 0 radical (unpaired) electrons. The van der Waals surface area contributed by atoms with E-state index in [-0.39, 0.29) is 24.0 Å². The molecular formula is C16H18F3N3O4S. The number of nitrogens with zero attached hydrogens (tertiary/aromatic N) is 1. The van der Waals surface area contributed by atoms with E-state index in [9.17, 15) is 26.4 Å². The number of halogens is 3. The number of hydrogen-bond acceptors (Lipinski definition) is 4. The molecule has 0 bridgehead atoms. The van der Waals surface area contributed by atoms with E-state index in [4.69, 9.17) is 0 Å². The van der Waals surface area contributed by atoms with Gasteiger partial charge in [0, 0.05) is 36.1 Å². The number of aromatic amines is 1. The van der Waals surface area contributed by atoms with Crippen LogP contribution in [0.4, 0.5) is 13.2 Å². The lowest BCUT2D eigenvalue weighted by Crippen LogP contribution is -2.49. The number of rotatable bonds is 4. The first kappa shape index (κ1) is 19.5. The van der Waals surface area contributed by atoms with E-state index in [2.05, 4.69) is 15.0 Å². The predicted molar refractivity (Wildman–Crippen MR) is 91.9 cm³/mol. The molecule has 1 aromatic heterocycles. The number of aromatic nitrogens is 1. The number of amides is 1. The van der Waals surface area contributed by atoms with E-state index < -0.39 is 22.3 Å². The molecule has 1 atom stereocenters. The van der Waals surface area contributed by atoms with Gasteiger partial charge in [0.2, 0.25) is 10.0 Å². The number of benzene rings is 1. The molecule has 3 rings (SSSR count). The topological polar surface area (TPSA) is 91.5 Å². The zero-order valence-corrected chi connectivity index (χ0v) is 15.2. The van der Waals surface area contributed by atoms with E-state index in [1.807, 2.05) is 0 Å². The summed E-state index contributed by atoms with van der Waals surface area (Å²) in [5, 5.41) is 3.32. The van der Waals surface area contributed by atoms with Crippen molar-refractivity contribution in [3.8, 4) is 5.75 Å². The van der Waals surface area contributed by atoms with Gasteiger partial charge in [-0.05, 0) is 31.0 Å². The zero-order valence-electron chi connectivity index (χ0n) is 14.3. The maximum absolute atomic E-state index is 12.4. The monoisotopic (exact) mass is 405 g/mol. The summed E-state index contributed by atoms with van der Waals surface area (Å²) in [4.78, 5) is 15.2. The first-order valence-electron chi connectivity index (χ1n) is 8.16. The van der Waals surface area contributed by atoms with Crippen molar-refractivity contribution in [1.29, 1.82) is 0 Å². The van der Waals surface area contributed by atoms with Crippen LogP contribution in [-0.2, 0) is 10.0 Å². The lowest BCUT2D eigenvalue weighted by Gasteiger charge is -2.31. The Balaban J connectivity index is 1.72. The van der Waals surface area contributed by atoms with Gasteiger partial charge in [0.1, 0.15) is 11.4 Å². The fourth-order valence-electron chi connectivity index (χ4n) is 3.05. The van der Waals surface area contributed by atoms with E-state index in [0.717, 1.165) is 18.4 Å². The molecule has 1 aliphatic rings. The number of alkyl halides is 3. The SMILES string of the molecule is CS(=O)(=O)N1CCCC(NC(=O)c2cc3ccc(OC(F)(F)F)cc3[nH]2)C1. The molecule has 7 nitrogen and oxygen atoms in total. The summed E-state index contributed by atoms with van der Waals surface area (Å²) in [6, 6.07) is 4.91. The molecule has 1 unspecified atom stereocenters. The van der Waals surface area contributed by atoms with Crippen LogP contribution in [0.1, 0.15) is 23.3 Å². The lowest BCUT2D eigenvalue weighted by molar-refractivity contribution is -0.274. The van der Waals surface area contributed by atoms with Gasteiger partial charge in [-0.15, -0.1) is 13.2 Å². The molecule has 0 saturated carbocycles. The smallest absolute Gasteiger partial charge is 0.406 e. The number of hydrogen-bond donors (Lipinski definition) is 2. The largest absolute Gasteiger partial charge is 0.573 e. The molecule has 0 spiro atoms. The Hall–Kier alpha value is -2.27. The quantitative estimate of drug-likeness (QED) is 0.816. The van der Waals surface area contributed by atoms with Crippen molar-refractivity contribution in [3.63, 3.8) is 0 Å². The average molecular weight is 405 g/mol. The summed E-state index contributed by atoms with van der Waals surface area (Å²) < 4.78 is 65.4. The van der Waals surface area contributed by atoms with Gasteiger partial charge in [0.25, 0.3) is 5.91 Å². The van der Waals surface area contributed by atoms with Crippen LogP contribution in [0.2, 0.25) is 0 Å². The summed E-state index contributed by atoms with van der Waals surface area (Å²) >= 11 is 0. The zero-order chi connectivity index (χ0) is 19.8. The third kappa shape index (κ3) is 4.92. The van der Waals surface area contributed by atoms with Crippen LogP contribution in [0.15, 0.2) is 24.3 Å². The number of ether oxygens (including phenoxy) is 1. The molecule has 1 fully saturated rings. The van der Waals surface area contributed by atoms with Gasteiger partial charge in [0.05, 0.1) is 6.26 Å².